The fraction of sp³-hybridized carbons (Fsp3) is 0.682. The van der Waals surface area contributed by atoms with E-state index in [0.717, 1.165) is 62.9 Å². The normalized spacial score (nSPS) is 24.8. The van der Waals surface area contributed by atoms with E-state index < -0.39 is 0 Å². The minimum Gasteiger partial charge on any atom is -0.496 e. The summed E-state index contributed by atoms with van der Waals surface area (Å²) < 4.78 is 11.7. The van der Waals surface area contributed by atoms with Crippen LogP contribution in [0.3, 0.4) is 0 Å². The molecule has 2 atom stereocenters. The van der Waals surface area contributed by atoms with Crippen molar-refractivity contribution < 1.29 is 19.4 Å². The molecule has 2 fully saturated rings. The summed E-state index contributed by atoms with van der Waals surface area (Å²) in [5.74, 6) is 0.917. The van der Waals surface area contributed by atoms with Crippen LogP contribution in [0.25, 0.3) is 0 Å². The summed E-state index contributed by atoms with van der Waals surface area (Å²) in [7, 11) is 1.66. The van der Waals surface area contributed by atoms with Crippen LogP contribution in [-0.4, -0.2) is 67.0 Å². The van der Waals surface area contributed by atoms with Crippen LogP contribution in [0, 0.1) is 0 Å². The zero-order valence-electron chi connectivity index (χ0n) is 17.2. The fourth-order valence-corrected chi connectivity index (χ4v) is 4.46. The average molecular weight is 391 g/mol. The molecule has 1 aromatic rings. The van der Waals surface area contributed by atoms with Gasteiger partial charge in [-0.15, -0.1) is 0 Å². The van der Waals surface area contributed by atoms with Crippen molar-refractivity contribution in [2.45, 2.75) is 63.3 Å². The number of benzene rings is 1. The largest absolute Gasteiger partial charge is 0.496 e. The Labute approximate surface area is 168 Å². The van der Waals surface area contributed by atoms with Crippen molar-refractivity contribution in [2.75, 3.05) is 33.3 Å². The number of ether oxygens (including phenoxy) is 2. The monoisotopic (exact) mass is 390 g/mol. The van der Waals surface area contributed by atoms with E-state index in [-0.39, 0.29) is 23.7 Å². The Bertz CT molecular complexity index is 643. The molecule has 156 valence electrons. The number of aliphatic hydroxyl groups excluding tert-OH is 1. The molecule has 6 nitrogen and oxygen atoms in total. The van der Waals surface area contributed by atoms with Crippen LogP contribution in [0.4, 0.5) is 0 Å². The van der Waals surface area contributed by atoms with E-state index >= 15 is 0 Å². The van der Waals surface area contributed by atoms with E-state index in [1.807, 2.05) is 24.3 Å². The summed E-state index contributed by atoms with van der Waals surface area (Å²) in [6.07, 6.45) is 4.83. The maximum Gasteiger partial charge on any atom is 0.234 e. The van der Waals surface area contributed by atoms with E-state index in [9.17, 15) is 9.90 Å². The summed E-state index contributed by atoms with van der Waals surface area (Å²) in [6, 6.07) is 7.89. The van der Waals surface area contributed by atoms with Gasteiger partial charge in [0.05, 0.1) is 31.5 Å². The molecule has 2 aliphatic heterocycles. The number of carbonyl (C=O) groups excluding carboxylic acids is 1. The number of rotatable bonds is 7. The topological polar surface area (TPSA) is 71.0 Å². The lowest BCUT2D eigenvalue weighted by molar-refractivity contribution is -0.182. The number of piperidine rings is 1. The molecule has 6 heteroatoms. The summed E-state index contributed by atoms with van der Waals surface area (Å²) in [4.78, 5) is 14.5. The Hall–Kier alpha value is -1.63. The Morgan fingerprint density at radius 1 is 1.36 bits per heavy atom. The van der Waals surface area contributed by atoms with Gasteiger partial charge >= 0.3 is 0 Å². The SMILES string of the molecule is CC[C@H]1C[C@@H](O)CC2(CCN(CC(=O)NCCc3ccccc3OC)CC2)O1. The third-order valence-electron chi connectivity index (χ3n) is 6.06. The number of hydrogen-bond acceptors (Lipinski definition) is 5. The molecule has 28 heavy (non-hydrogen) atoms. The van der Waals surface area contributed by atoms with E-state index in [2.05, 4.69) is 17.1 Å². The van der Waals surface area contributed by atoms with Crippen molar-refractivity contribution in [3.63, 3.8) is 0 Å². The summed E-state index contributed by atoms with van der Waals surface area (Å²) >= 11 is 0. The molecule has 0 unspecified atom stereocenters. The van der Waals surface area contributed by atoms with E-state index in [0.29, 0.717) is 13.1 Å². The molecular formula is C22H34N2O4. The van der Waals surface area contributed by atoms with Crippen molar-refractivity contribution in [2.24, 2.45) is 0 Å². The van der Waals surface area contributed by atoms with Gasteiger partial charge in [0.15, 0.2) is 0 Å². The Morgan fingerprint density at radius 2 is 2.11 bits per heavy atom. The highest BCUT2D eigenvalue weighted by Crippen LogP contribution is 2.38. The second-order valence-corrected chi connectivity index (χ2v) is 8.11. The van der Waals surface area contributed by atoms with Crippen LogP contribution >= 0.6 is 0 Å². The van der Waals surface area contributed by atoms with Gasteiger partial charge in [0.1, 0.15) is 5.75 Å². The molecule has 1 aromatic carbocycles. The third-order valence-corrected chi connectivity index (χ3v) is 6.06. The molecule has 0 aromatic heterocycles. The number of amides is 1. The van der Waals surface area contributed by atoms with Gasteiger partial charge < -0.3 is 19.9 Å². The molecule has 0 saturated carbocycles. The third kappa shape index (κ3) is 5.46. The van der Waals surface area contributed by atoms with Crippen LogP contribution in [0.1, 0.15) is 44.6 Å². The van der Waals surface area contributed by atoms with Gasteiger partial charge in [-0.2, -0.15) is 0 Å². The molecule has 1 amide bonds. The van der Waals surface area contributed by atoms with Gasteiger partial charge in [0.2, 0.25) is 5.91 Å². The standard InChI is InChI=1S/C22H34N2O4/c1-3-19-14-18(25)15-22(28-19)9-12-24(13-10-22)16-21(26)23-11-8-17-6-4-5-7-20(17)27-2/h4-7,18-19,25H,3,8-16H2,1-2H3,(H,23,26)/t18-,19+/m1/s1. The van der Waals surface area contributed by atoms with Crippen LogP contribution in [0.5, 0.6) is 5.75 Å². The number of hydrogen-bond donors (Lipinski definition) is 2. The number of methoxy groups -OCH3 is 1. The maximum absolute atomic E-state index is 12.3. The zero-order chi connectivity index (χ0) is 20.0. The first-order valence-corrected chi connectivity index (χ1v) is 10.5. The van der Waals surface area contributed by atoms with E-state index in [4.69, 9.17) is 9.47 Å². The number of likely N-dealkylation sites (tertiary alicyclic amines) is 1. The van der Waals surface area contributed by atoms with E-state index in [1.54, 1.807) is 7.11 Å². The minimum atomic E-state index is -0.261. The van der Waals surface area contributed by atoms with Crippen molar-refractivity contribution in [3.8, 4) is 5.75 Å². The number of carbonyl (C=O) groups is 1. The van der Waals surface area contributed by atoms with Crippen molar-refractivity contribution in [1.82, 2.24) is 10.2 Å². The number of aliphatic hydroxyl groups is 1. The van der Waals surface area contributed by atoms with Gasteiger partial charge in [-0.25, -0.2) is 0 Å². The van der Waals surface area contributed by atoms with Gasteiger partial charge in [-0.1, -0.05) is 25.1 Å². The highest BCUT2D eigenvalue weighted by Gasteiger charge is 2.42. The molecule has 2 saturated heterocycles. The molecule has 1 spiro atoms. The Morgan fingerprint density at radius 3 is 2.82 bits per heavy atom. The van der Waals surface area contributed by atoms with Gasteiger partial charge in [-0.3, -0.25) is 9.69 Å². The van der Waals surface area contributed by atoms with Crippen LogP contribution in [0.15, 0.2) is 24.3 Å². The minimum absolute atomic E-state index is 0.0573. The Kier molecular flexibility index (Phi) is 7.32. The van der Waals surface area contributed by atoms with Crippen LogP contribution in [-0.2, 0) is 16.0 Å². The maximum atomic E-state index is 12.3. The number of nitrogens with one attached hydrogen (secondary N) is 1. The first kappa shape index (κ1) is 21.1. The quantitative estimate of drug-likeness (QED) is 0.746. The summed E-state index contributed by atoms with van der Waals surface area (Å²) in [5.41, 5.74) is 0.901. The highest BCUT2D eigenvalue weighted by molar-refractivity contribution is 5.78. The second-order valence-electron chi connectivity index (χ2n) is 8.11. The van der Waals surface area contributed by atoms with E-state index in [1.165, 1.54) is 0 Å². The summed E-state index contributed by atoms with van der Waals surface area (Å²) in [6.45, 7) is 4.80. The zero-order valence-corrected chi connectivity index (χ0v) is 17.2. The molecule has 3 rings (SSSR count). The van der Waals surface area contributed by atoms with Crippen molar-refractivity contribution >= 4 is 5.91 Å². The number of nitrogens with zero attached hydrogens (tertiary/aromatic N) is 1. The molecule has 2 aliphatic rings. The Balaban J connectivity index is 1.40. The summed E-state index contributed by atoms with van der Waals surface area (Å²) in [5, 5.41) is 13.2. The van der Waals surface area contributed by atoms with Gasteiger partial charge in [0, 0.05) is 26.1 Å². The molecule has 0 radical (unpaired) electrons. The lowest BCUT2D eigenvalue weighted by atomic mass is 9.81. The van der Waals surface area contributed by atoms with Gasteiger partial charge in [-0.05, 0) is 43.7 Å². The van der Waals surface area contributed by atoms with Crippen LogP contribution < -0.4 is 10.1 Å². The molecule has 0 bridgehead atoms. The molecule has 2 heterocycles. The molecule has 2 N–H and O–H groups in total. The molecule has 0 aliphatic carbocycles. The average Bonchev–Trinajstić information content (AvgIpc) is 2.70. The lowest BCUT2D eigenvalue weighted by Crippen LogP contribution is -2.53. The smallest absolute Gasteiger partial charge is 0.234 e. The first-order valence-electron chi connectivity index (χ1n) is 10.5. The van der Waals surface area contributed by atoms with Crippen LogP contribution in [0.2, 0.25) is 0 Å². The molecular weight excluding hydrogens is 356 g/mol. The highest BCUT2D eigenvalue weighted by atomic mass is 16.5. The van der Waals surface area contributed by atoms with Crippen molar-refractivity contribution in [1.29, 1.82) is 0 Å². The van der Waals surface area contributed by atoms with Gasteiger partial charge in [0.25, 0.3) is 0 Å². The lowest BCUT2D eigenvalue weighted by Gasteiger charge is -2.47. The predicted molar refractivity (Wildman–Crippen MR) is 109 cm³/mol. The second kappa shape index (κ2) is 9.72. The number of para-hydroxylation sites is 1. The van der Waals surface area contributed by atoms with Crippen molar-refractivity contribution in [3.05, 3.63) is 29.8 Å². The first-order chi connectivity index (χ1) is 13.5. The fourth-order valence-electron chi connectivity index (χ4n) is 4.46. The predicted octanol–water partition coefficient (Wildman–Crippen LogP) is 2.14.